The zero-order valence-corrected chi connectivity index (χ0v) is 16.9. The molecule has 8 heteroatoms. The Hall–Kier alpha value is -2.22. The Morgan fingerprint density at radius 1 is 1.26 bits per heavy atom. The highest BCUT2D eigenvalue weighted by atomic mass is 32.1. The lowest BCUT2D eigenvalue weighted by Gasteiger charge is -2.23. The van der Waals surface area contributed by atoms with Crippen LogP contribution in [-0.4, -0.2) is 29.6 Å². The fourth-order valence-corrected chi connectivity index (χ4v) is 3.47. The summed E-state index contributed by atoms with van der Waals surface area (Å²) in [5.74, 6) is -0.740. The van der Waals surface area contributed by atoms with Gasteiger partial charge in [-0.25, -0.2) is 14.2 Å². The highest BCUT2D eigenvalue weighted by Crippen LogP contribution is 2.27. The number of benzene rings is 1. The van der Waals surface area contributed by atoms with E-state index in [1.165, 1.54) is 23.5 Å². The maximum Gasteiger partial charge on any atom is 0.407 e. The van der Waals surface area contributed by atoms with Gasteiger partial charge in [-0.15, -0.1) is 11.3 Å². The molecule has 1 aromatic heterocycles. The van der Waals surface area contributed by atoms with Gasteiger partial charge in [0.15, 0.2) is 0 Å². The minimum absolute atomic E-state index is 0.111. The van der Waals surface area contributed by atoms with Gasteiger partial charge in [-0.2, -0.15) is 0 Å². The summed E-state index contributed by atoms with van der Waals surface area (Å²) in [6.07, 6.45) is 1.10. The maximum atomic E-state index is 13.3. The van der Waals surface area contributed by atoms with Gasteiger partial charge >= 0.3 is 6.09 Å². The average Bonchev–Trinajstić information content (AvgIpc) is 3.02. The summed E-state index contributed by atoms with van der Waals surface area (Å²) in [7, 11) is 0. The lowest BCUT2D eigenvalue weighted by Crippen LogP contribution is -2.50. The van der Waals surface area contributed by atoms with Crippen molar-refractivity contribution >= 4 is 33.6 Å². The Kier molecular flexibility index (Phi) is 7.53. The van der Waals surface area contributed by atoms with E-state index in [0.717, 1.165) is 17.5 Å². The predicted molar refractivity (Wildman–Crippen MR) is 104 cm³/mol. The number of carbonyl (C=O) groups is 2. The monoisotopic (exact) mass is 395 g/mol. The number of aromatic nitrogens is 1. The third kappa shape index (κ3) is 5.89. The van der Waals surface area contributed by atoms with Crippen LogP contribution in [0.25, 0.3) is 10.2 Å². The summed E-state index contributed by atoms with van der Waals surface area (Å²) in [5, 5.41) is 6.17. The summed E-state index contributed by atoms with van der Waals surface area (Å²) >= 11 is 1.33. The van der Waals surface area contributed by atoms with Gasteiger partial charge in [0.25, 0.3) is 0 Å². The zero-order chi connectivity index (χ0) is 20.0. The second kappa shape index (κ2) is 9.64. The fraction of sp³-hybridized carbons (Fsp3) is 0.526. The van der Waals surface area contributed by atoms with Crippen molar-refractivity contribution in [3.05, 3.63) is 29.0 Å². The number of carbonyl (C=O) groups excluding carboxylic acids is 2. The molecule has 6 nitrogen and oxygen atoms in total. The summed E-state index contributed by atoms with van der Waals surface area (Å²) in [6, 6.07) is 3.32. The largest absolute Gasteiger partial charge is 0.450 e. The van der Waals surface area contributed by atoms with Crippen molar-refractivity contribution in [3.8, 4) is 0 Å². The van der Waals surface area contributed by atoms with Crippen LogP contribution in [0.15, 0.2) is 18.2 Å². The topological polar surface area (TPSA) is 80.3 Å². The molecule has 0 bridgehead atoms. The molecule has 0 saturated heterocycles. The van der Waals surface area contributed by atoms with Gasteiger partial charge in [-0.3, -0.25) is 4.79 Å². The van der Waals surface area contributed by atoms with Gasteiger partial charge in [0, 0.05) is 0 Å². The van der Waals surface area contributed by atoms with Gasteiger partial charge in [-0.1, -0.05) is 27.2 Å². The fourth-order valence-electron chi connectivity index (χ4n) is 2.48. The minimum Gasteiger partial charge on any atom is -0.450 e. The molecule has 0 saturated carbocycles. The standard InChI is InChI=1S/C19H26FN3O3S/c1-5-6-9-26-19(25)23-16(11(2)3)17(24)21-12(4)18-22-14-8-7-13(20)10-15(14)27-18/h7-8,10-12,16H,5-6,9H2,1-4H3,(H,21,24)(H,23,25)/t12-,16+/m1/s1. The van der Waals surface area contributed by atoms with Crippen molar-refractivity contribution < 1.29 is 18.7 Å². The SMILES string of the molecule is CCCCOC(=O)N[C@H](C(=O)N[C@H](C)c1nc2ccc(F)cc2s1)C(C)C. The van der Waals surface area contributed by atoms with E-state index in [1.807, 2.05) is 27.7 Å². The number of hydrogen-bond donors (Lipinski definition) is 2. The molecular weight excluding hydrogens is 369 g/mol. The summed E-state index contributed by atoms with van der Waals surface area (Å²) in [6.45, 7) is 7.84. The molecule has 2 rings (SSSR count). The van der Waals surface area contributed by atoms with Crippen molar-refractivity contribution in [2.24, 2.45) is 5.92 Å². The Morgan fingerprint density at radius 3 is 2.67 bits per heavy atom. The number of thiazole rings is 1. The molecule has 0 aliphatic carbocycles. The molecular formula is C19H26FN3O3S. The van der Waals surface area contributed by atoms with E-state index >= 15 is 0 Å². The van der Waals surface area contributed by atoms with Gasteiger partial charge in [0.1, 0.15) is 16.9 Å². The number of unbranched alkanes of at least 4 members (excludes halogenated alkanes) is 1. The van der Waals surface area contributed by atoms with Gasteiger partial charge in [0.05, 0.1) is 22.9 Å². The molecule has 1 aromatic carbocycles. The van der Waals surface area contributed by atoms with Crippen LogP contribution in [0.3, 0.4) is 0 Å². The van der Waals surface area contributed by atoms with Gasteiger partial charge in [0.2, 0.25) is 5.91 Å². The first-order valence-electron chi connectivity index (χ1n) is 9.11. The van der Waals surface area contributed by atoms with E-state index in [-0.39, 0.29) is 23.7 Å². The van der Waals surface area contributed by atoms with E-state index in [2.05, 4.69) is 15.6 Å². The van der Waals surface area contributed by atoms with Crippen LogP contribution >= 0.6 is 11.3 Å². The Bertz CT molecular complexity index is 794. The number of alkyl carbamates (subject to hydrolysis) is 1. The van der Waals surface area contributed by atoms with E-state index in [4.69, 9.17) is 4.74 Å². The van der Waals surface area contributed by atoms with Gasteiger partial charge < -0.3 is 15.4 Å². The molecule has 27 heavy (non-hydrogen) atoms. The Labute approximate surface area is 162 Å². The maximum absolute atomic E-state index is 13.3. The van der Waals surface area contributed by atoms with Crippen LogP contribution in [0, 0.1) is 11.7 Å². The number of fused-ring (bicyclic) bond motifs is 1. The highest BCUT2D eigenvalue weighted by Gasteiger charge is 2.26. The first kappa shape index (κ1) is 21.1. The number of rotatable bonds is 8. The van der Waals surface area contributed by atoms with Crippen LogP contribution in [0.1, 0.15) is 51.6 Å². The van der Waals surface area contributed by atoms with Crippen LogP contribution in [0.5, 0.6) is 0 Å². The lowest BCUT2D eigenvalue weighted by molar-refractivity contribution is -0.124. The number of nitrogens with zero attached hydrogens (tertiary/aromatic N) is 1. The number of hydrogen-bond acceptors (Lipinski definition) is 5. The number of nitrogens with one attached hydrogen (secondary N) is 2. The van der Waals surface area contributed by atoms with E-state index < -0.39 is 12.1 Å². The summed E-state index contributed by atoms with van der Waals surface area (Å²) in [5.41, 5.74) is 0.690. The molecule has 2 atom stereocenters. The van der Waals surface area contributed by atoms with Crippen molar-refractivity contribution in [1.82, 2.24) is 15.6 Å². The molecule has 148 valence electrons. The molecule has 1 heterocycles. The first-order valence-corrected chi connectivity index (χ1v) is 9.93. The Balaban J connectivity index is 2.01. The normalized spacial score (nSPS) is 13.4. The second-order valence-electron chi connectivity index (χ2n) is 6.75. The van der Waals surface area contributed by atoms with E-state index in [0.29, 0.717) is 17.1 Å². The Morgan fingerprint density at radius 2 is 2.00 bits per heavy atom. The predicted octanol–water partition coefficient (Wildman–Crippen LogP) is 4.16. The molecule has 0 spiro atoms. The molecule has 0 aliphatic rings. The van der Waals surface area contributed by atoms with Crippen molar-refractivity contribution in [1.29, 1.82) is 0 Å². The van der Waals surface area contributed by atoms with Crippen molar-refractivity contribution in [2.75, 3.05) is 6.61 Å². The van der Waals surface area contributed by atoms with Crippen LogP contribution in [-0.2, 0) is 9.53 Å². The molecule has 2 aromatic rings. The smallest absolute Gasteiger partial charge is 0.407 e. The average molecular weight is 396 g/mol. The quantitative estimate of drug-likeness (QED) is 0.658. The third-order valence-electron chi connectivity index (χ3n) is 4.05. The zero-order valence-electron chi connectivity index (χ0n) is 16.0. The minimum atomic E-state index is -0.714. The molecule has 0 aliphatic heterocycles. The number of halogens is 1. The molecule has 0 radical (unpaired) electrons. The van der Waals surface area contributed by atoms with Crippen molar-refractivity contribution in [2.45, 2.75) is 52.6 Å². The van der Waals surface area contributed by atoms with Crippen molar-refractivity contribution in [3.63, 3.8) is 0 Å². The van der Waals surface area contributed by atoms with Crippen LogP contribution in [0.4, 0.5) is 9.18 Å². The molecule has 0 unspecified atom stereocenters. The molecule has 2 N–H and O–H groups in total. The van der Waals surface area contributed by atoms with E-state index in [1.54, 1.807) is 6.07 Å². The van der Waals surface area contributed by atoms with Gasteiger partial charge in [-0.05, 0) is 37.5 Å². The number of amides is 2. The molecule has 0 fully saturated rings. The molecule has 2 amide bonds. The second-order valence-corrected chi connectivity index (χ2v) is 7.81. The van der Waals surface area contributed by atoms with Crippen LogP contribution in [0.2, 0.25) is 0 Å². The summed E-state index contributed by atoms with van der Waals surface area (Å²) < 4.78 is 19.1. The highest BCUT2D eigenvalue weighted by molar-refractivity contribution is 7.18. The van der Waals surface area contributed by atoms with E-state index in [9.17, 15) is 14.0 Å². The van der Waals surface area contributed by atoms with Crippen LogP contribution < -0.4 is 10.6 Å². The summed E-state index contributed by atoms with van der Waals surface area (Å²) in [4.78, 5) is 29.0. The first-order chi connectivity index (χ1) is 12.8. The number of ether oxygens (including phenoxy) is 1. The lowest BCUT2D eigenvalue weighted by atomic mass is 10.0. The third-order valence-corrected chi connectivity index (χ3v) is 5.25.